The van der Waals surface area contributed by atoms with Crippen LogP contribution < -0.4 is 10.6 Å². The number of rotatable bonds is 3. The molecule has 3 aromatic rings. The number of hydrogen-bond donors (Lipinski definition) is 2. The molecule has 0 aliphatic heterocycles. The van der Waals surface area contributed by atoms with Gasteiger partial charge in [0.05, 0.1) is 10.6 Å². The molecule has 0 atom stereocenters. The zero-order chi connectivity index (χ0) is 20.5. The van der Waals surface area contributed by atoms with E-state index in [9.17, 15) is 10.1 Å². The van der Waals surface area contributed by atoms with E-state index < -0.39 is 5.91 Å². The van der Waals surface area contributed by atoms with Crippen molar-refractivity contribution in [1.82, 2.24) is 5.32 Å². The molecule has 0 unspecified atom stereocenters. The number of benzene rings is 1. The van der Waals surface area contributed by atoms with Gasteiger partial charge in [0.1, 0.15) is 16.8 Å². The Labute approximate surface area is 186 Å². The molecule has 29 heavy (non-hydrogen) atoms. The summed E-state index contributed by atoms with van der Waals surface area (Å²) in [5.41, 5.74) is 2.32. The van der Waals surface area contributed by atoms with Crippen LogP contribution >= 0.6 is 46.8 Å². The Morgan fingerprint density at radius 1 is 1.24 bits per heavy atom. The first-order chi connectivity index (χ1) is 14.0. The van der Waals surface area contributed by atoms with Crippen molar-refractivity contribution in [2.75, 3.05) is 5.32 Å². The van der Waals surface area contributed by atoms with Crippen LogP contribution in [0.1, 0.15) is 33.0 Å². The van der Waals surface area contributed by atoms with Crippen molar-refractivity contribution in [1.29, 1.82) is 5.26 Å². The van der Waals surface area contributed by atoms with Gasteiger partial charge in [-0.15, -0.1) is 11.3 Å². The van der Waals surface area contributed by atoms with Gasteiger partial charge in [0.25, 0.3) is 5.91 Å². The molecule has 1 amide bonds. The fraction of sp³-hybridized carbons (Fsp3) is 0.150. The van der Waals surface area contributed by atoms with Crippen molar-refractivity contribution in [2.45, 2.75) is 19.3 Å². The molecule has 0 radical (unpaired) electrons. The number of carbonyl (C=O) groups is 1. The Morgan fingerprint density at radius 2 is 2.07 bits per heavy atom. The Bertz CT molecular complexity index is 1180. The van der Waals surface area contributed by atoms with Crippen molar-refractivity contribution in [3.05, 3.63) is 62.1 Å². The first-order valence-electron chi connectivity index (χ1n) is 8.68. The second-order valence-electron chi connectivity index (χ2n) is 6.37. The van der Waals surface area contributed by atoms with Crippen molar-refractivity contribution in [3.63, 3.8) is 0 Å². The Morgan fingerprint density at radius 3 is 2.83 bits per heavy atom. The number of furan rings is 1. The van der Waals surface area contributed by atoms with E-state index in [1.54, 1.807) is 30.3 Å². The number of thiocarbonyl (C=S) groups is 1. The van der Waals surface area contributed by atoms with Crippen LogP contribution in [0, 0.1) is 11.3 Å². The number of aryl methyl sites for hydroxylation is 1. The zero-order valence-electron chi connectivity index (χ0n) is 14.8. The lowest BCUT2D eigenvalue weighted by Gasteiger charge is -2.07. The van der Waals surface area contributed by atoms with Gasteiger partial charge in [0.15, 0.2) is 10.9 Å². The summed E-state index contributed by atoms with van der Waals surface area (Å²) in [6.45, 7) is 0. The number of fused-ring (bicyclic) bond motifs is 1. The van der Waals surface area contributed by atoms with Crippen molar-refractivity contribution in [2.24, 2.45) is 0 Å². The molecule has 0 saturated carbocycles. The highest BCUT2D eigenvalue weighted by Crippen LogP contribution is 2.38. The van der Waals surface area contributed by atoms with Gasteiger partial charge in [-0.1, -0.05) is 23.2 Å². The summed E-state index contributed by atoms with van der Waals surface area (Å²) < 4.78 is 5.62. The van der Waals surface area contributed by atoms with E-state index in [-0.39, 0.29) is 10.9 Å². The maximum atomic E-state index is 12.5. The number of nitriles is 1. The van der Waals surface area contributed by atoms with Crippen LogP contribution in [0.5, 0.6) is 0 Å². The van der Waals surface area contributed by atoms with Gasteiger partial charge in [0, 0.05) is 15.5 Å². The topological polar surface area (TPSA) is 78.1 Å². The standard InChI is InChI=1S/C20H13Cl2N3O2S2/c21-10-4-5-12(14(22)8-10)15-6-7-16(27-15)18(26)24-20(28)25-19-13(9-23)11-2-1-3-17(11)29-19/h4-8H,1-3H2,(H2,24,25,26,28). The van der Waals surface area contributed by atoms with Crippen LogP contribution in [0.3, 0.4) is 0 Å². The van der Waals surface area contributed by atoms with Crippen molar-refractivity contribution >= 4 is 62.8 Å². The summed E-state index contributed by atoms with van der Waals surface area (Å²) in [6.07, 6.45) is 2.94. The van der Waals surface area contributed by atoms with Gasteiger partial charge in [0.2, 0.25) is 0 Å². The monoisotopic (exact) mass is 461 g/mol. The predicted octanol–water partition coefficient (Wildman–Crippen LogP) is 5.80. The van der Waals surface area contributed by atoms with Gasteiger partial charge < -0.3 is 9.73 Å². The van der Waals surface area contributed by atoms with Crippen LogP contribution in [0.2, 0.25) is 10.0 Å². The summed E-state index contributed by atoms with van der Waals surface area (Å²) in [7, 11) is 0. The molecule has 5 nitrogen and oxygen atoms in total. The molecule has 2 heterocycles. The van der Waals surface area contributed by atoms with Gasteiger partial charge in [-0.2, -0.15) is 5.26 Å². The Kier molecular flexibility index (Phi) is 5.61. The zero-order valence-corrected chi connectivity index (χ0v) is 18.0. The highest BCUT2D eigenvalue weighted by Gasteiger charge is 2.23. The van der Waals surface area contributed by atoms with E-state index in [0.717, 1.165) is 24.8 Å². The molecule has 0 bridgehead atoms. The minimum absolute atomic E-state index is 0.0874. The largest absolute Gasteiger partial charge is 0.451 e. The van der Waals surface area contributed by atoms with Crippen molar-refractivity contribution < 1.29 is 9.21 Å². The summed E-state index contributed by atoms with van der Waals surface area (Å²) >= 11 is 18.8. The molecule has 4 rings (SSSR count). The molecular weight excluding hydrogens is 449 g/mol. The average Bonchev–Trinajstić information content (AvgIpc) is 3.37. The third-order valence-corrected chi connectivity index (χ3v) is 6.47. The quantitative estimate of drug-likeness (QED) is 0.481. The van der Waals surface area contributed by atoms with E-state index in [4.69, 9.17) is 39.8 Å². The first-order valence-corrected chi connectivity index (χ1v) is 10.7. The summed E-state index contributed by atoms with van der Waals surface area (Å²) in [5.74, 6) is 0.0305. The number of nitrogens with one attached hydrogen (secondary N) is 2. The van der Waals surface area contributed by atoms with Crippen molar-refractivity contribution in [3.8, 4) is 17.4 Å². The molecule has 2 aromatic heterocycles. The molecule has 1 aliphatic carbocycles. The summed E-state index contributed by atoms with van der Waals surface area (Å²) in [5, 5.41) is 16.7. The molecule has 1 aliphatic rings. The lowest BCUT2D eigenvalue weighted by molar-refractivity contribution is 0.0951. The molecule has 2 N–H and O–H groups in total. The molecule has 0 saturated heterocycles. The molecule has 0 fully saturated rings. The van der Waals surface area contributed by atoms with Crippen LogP contribution in [0.25, 0.3) is 11.3 Å². The van der Waals surface area contributed by atoms with E-state index >= 15 is 0 Å². The van der Waals surface area contributed by atoms with E-state index in [0.29, 0.717) is 31.9 Å². The number of anilines is 1. The number of amides is 1. The first kappa shape index (κ1) is 19.9. The normalized spacial score (nSPS) is 12.3. The third kappa shape index (κ3) is 4.02. The highest BCUT2D eigenvalue weighted by atomic mass is 35.5. The van der Waals surface area contributed by atoms with Crippen LogP contribution in [-0.4, -0.2) is 11.0 Å². The molecular formula is C20H13Cl2N3O2S2. The molecule has 146 valence electrons. The minimum atomic E-state index is -0.499. The smallest absolute Gasteiger partial charge is 0.293 e. The second kappa shape index (κ2) is 8.17. The third-order valence-electron chi connectivity index (χ3n) is 4.51. The SMILES string of the molecule is N#Cc1c(NC(=S)NC(=O)c2ccc(-c3ccc(Cl)cc3Cl)o2)sc2c1CCC2. The number of halogens is 2. The van der Waals surface area contributed by atoms with Gasteiger partial charge in [-0.05, 0) is 67.4 Å². The molecule has 0 spiro atoms. The lowest BCUT2D eigenvalue weighted by Crippen LogP contribution is -2.33. The van der Waals surface area contributed by atoms with E-state index in [1.165, 1.54) is 16.2 Å². The maximum Gasteiger partial charge on any atom is 0.293 e. The van der Waals surface area contributed by atoms with Crippen LogP contribution in [0.4, 0.5) is 5.00 Å². The fourth-order valence-corrected chi connectivity index (χ4v) is 5.21. The number of thiophene rings is 1. The Balaban J connectivity index is 1.46. The highest BCUT2D eigenvalue weighted by molar-refractivity contribution is 7.80. The van der Waals surface area contributed by atoms with E-state index in [2.05, 4.69) is 16.7 Å². The van der Waals surface area contributed by atoms with Gasteiger partial charge in [-0.25, -0.2) is 0 Å². The minimum Gasteiger partial charge on any atom is -0.451 e. The number of carbonyl (C=O) groups excluding carboxylic acids is 1. The number of hydrogen-bond acceptors (Lipinski definition) is 5. The molecule has 1 aromatic carbocycles. The van der Waals surface area contributed by atoms with Crippen LogP contribution in [0.15, 0.2) is 34.7 Å². The van der Waals surface area contributed by atoms with E-state index in [1.807, 2.05) is 0 Å². The van der Waals surface area contributed by atoms with Crippen LogP contribution in [-0.2, 0) is 12.8 Å². The van der Waals surface area contributed by atoms with Gasteiger partial charge in [-0.3, -0.25) is 10.1 Å². The molecule has 9 heteroatoms. The van der Waals surface area contributed by atoms with Gasteiger partial charge >= 0.3 is 0 Å². The summed E-state index contributed by atoms with van der Waals surface area (Å²) in [4.78, 5) is 13.7. The fourth-order valence-electron chi connectivity index (χ4n) is 3.20. The Hall–Kier alpha value is -2.37. The summed E-state index contributed by atoms with van der Waals surface area (Å²) in [6, 6.07) is 10.4. The predicted molar refractivity (Wildman–Crippen MR) is 119 cm³/mol. The number of nitrogens with zero attached hydrogens (tertiary/aromatic N) is 1. The average molecular weight is 462 g/mol. The maximum absolute atomic E-state index is 12.5. The second-order valence-corrected chi connectivity index (χ2v) is 8.73. The lowest BCUT2D eigenvalue weighted by atomic mass is 10.1.